The maximum atomic E-state index is 12.0. The molecule has 0 saturated heterocycles. The fourth-order valence-electron chi connectivity index (χ4n) is 1.59. The van der Waals surface area contributed by atoms with Crippen LogP contribution in [0.4, 0.5) is 0 Å². The zero-order valence-electron chi connectivity index (χ0n) is 11.5. The summed E-state index contributed by atoms with van der Waals surface area (Å²) in [5.74, 6) is -0.753. The number of aromatic nitrogens is 4. The smallest absolute Gasteiger partial charge is 0.328 e. The Morgan fingerprint density at radius 2 is 2.25 bits per heavy atom. The standard InChI is InChI=1S/C12H15N5O3/c1-4-20-11(19)8(3)14-10(18)9-15-12-13-6-5-7(2)17(12)16-9/h5-6,8H,4H2,1-3H3,(H,14,18). The van der Waals surface area contributed by atoms with Gasteiger partial charge in [-0.15, -0.1) is 5.10 Å². The quantitative estimate of drug-likeness (QED) is 0.797. The molecule has 8 nitrogen and oxygen atoms in total. The number of nitrogens with one attached hydrogen (secondary N) is 1. The van der Waals surface area contributed by atoms with Crippen molar-refractivity contribution >= 4 is 17.7 Å². The molecule has 2 aromatic heterocycles. The normalized spacial score (nSPS) is 12.2. The average Bonchev–Trinajstić information content (AvgIpc) is 2.84. The monoisotopic (exact) mass is 277 g/mol. The third-order valence-corrected chi connectivity index (χ3v) is 2.62. The number of carbonyl (C=O) groups is 2. The molecular weight excluding hydrogens is 262 g/mol. The number of esters is 1. The van der Waals surface area contributed by atoms with Crippen LogP contribution in [0.2, 0.25) is 0 Å². The summed E-state index contributed by atoms with van der Waals surface area (Å²) in [5.41, 5.74) is 0.806. The van der Waals surface area contributed by atoms with E-state index in [-0.39, 0.29) is 12.4 Å². The molecule has 106 valence electrons. The summed E-state index contributed by atoms with van der Waals surface area (Å²) in [6.45, 7) is 5.32. The maximum absolute atomic E-state index is 12.0. The predicted molar refractivity (Wildman–Crippen MR) is 69.1 cm³/mol. The van der Waals surface area contributed by atoms with Gasteiger partial charge in [0.05, 0.1) is 6.61 Å². The minimum atomic E-state index is -0.761. The molecule has 2 aromatic rings. The van der Waals surface area contributed by atoms with E-state index in [9.17, 15) is 9.59 Å². The summed E-state index contributed by atoms with van der Waals surface area (Å²) in [4.78, 5) is 31.4. The number of nitrogens with zero attached hydrogens (tertiary/aromatic N) is 4. The molecule has 8 heteroatoms. The number of hydrogen-bond donors (Lipinski definition) is 1. The molecule has 2 rings (SSSR count). The van der Waals surface area contributed by atoms with E-state index in [1.54, 1.807) is 19.2 Å². The highest BCUT2D eigenvalue weighted by atomic mass is 16.5. The molecule has 0 aromatic carbocycles. The van der Waals surface area contributed by atoms with E-state index in [1.807, 2.05) is 6.92 Å². The van der Waals surface area contributed by atoms with Crippen molar-refractivity contribution in [3.8, 4) is 0 Å². The van der Waals surface area contributed by atoms with Gasteiger partial charge in [0.15, 0.2) is 0 Å². The van der Waals surface area contributed by atoms with Crippen LogP contribution in [0.1, 0.15) is 30.2 Å². The topological polar surface area (TPSA) is 98.5 Å². The predicted octanol–water partition coefficient (Wildman–Crippen LogP) is 0.114. The van der Waals surface area contributed by atoms with Crippen molar-refractivity contribution in [1.82, 2.24) is 24.9 Å². The van der Waals surface area contributed by atoms with Gasteiger partial charge in [-0.25, -0.2) is 14.3 Å². The molecule has 1 unspecified atom stereocenters. The molecule has 20 heavy (non-hydrogen) atoms. The molecule has 1 N–H and O–H groups in total. The summed E-state index contributed by atoms with van der Waals surface area (Å²) >= 11 is 0. The maximum Gasteiger partial charge on any atom is 0.328 e. The SMILES string of the molecule is CCOC(=O)C(C)NC(=O)c1nc2nccc(C)n2n1. The number of carbonyl (C=O) groups excluding carboxylic acids is 2. The van der Waals surface area contributed by atoms with E-state index >= 15 is 0 Å². The van der Waals surface area contributed by atoms with E-state index in [1.165, 1.54) is 11.4 Å². The zero-order chi connectivity index (χ0) is 14.7. The molecule has 2 heterocycles. The Labute approximate surface area is 115 Å². The van der Waals surface area contributed by atoms with Crippen molar-refractivity contribution in [2.75, 3.05) is 6.61 Å². The zero-order valence-corrected chi connectivity index (χ0v) is 11.5. The van der Waals surface area contributed by atoms with Crippen LogP contribution in [0.25, 0.3) is 5.78 Å². The molecule has 0 radical (unpaired) electrons. The first-order valence-electron chi connectivity index (χ1n) is 6.18. The minimum absolute atomic E-state index is 0.0389. The third kappa shape index (κ3) is 2.73. The lowest BCUT2D eigenvalue weighted by molar-refractivity contribution is -0.144. The van der Waals surface area contributed by atoms with Crippen molar-refractivity contribution in [3.63, 3.8) is 0 Å². The fourth-order valence-corrected chi connectivity index (χ4v) is 1.59. The van der Waals surface area contributed by atoms with Gasteiger partial charge in [0.1, 0.15) is 6.04 Å². The van der Waals surface area contributed by atoms with Crippen LogP contribution in [-0.2, 0) is 9.53 Å². The molecule has 0 saturated carbocycles. The molecular formula is C12H15N5O3. The van der Waals surface area contributed by atoms with Crippen LogP contribution in [0.5, 0.6) is 0 Å². The largest absolute Gasteiger partial charge is 0.464 e. The van der Waals surface area contributed by atoms with Crippen molar-refractivity contribution in [2.45, 2.75) is 26.8 Å². The van der Waals surface area contributed by atoms with Gasteiger partial charge in [-0.3, -0.25) is 4.79 Å². The highest BCUT2D eigenvalue weighted by molar-refractivity contribution is 5.93. The van der Waals surface area contributed by atoms with Crippen LogP contribution in [0.15, 0.2) is 12.3 Å². The van der Waals surface area contributed by atoms with Crippen LogP contribution in [0.3, 0.4) is 0 Å². The van der Waals surface area contributed by atoms with Crippen molar-refractivity contribution in [2.24, 2.45) is 0 Å². The number of aryl methyl sites for hydroxylation is 1. The lowest BCUT2D eigenvalue weighted by Gasteiger charge is -2.10. The first kappa shape index (κ1) is 13.9. The van der Waals surface area contributed by atoms with E-state index < -0.39 is 17.9 Å². The molecule has 0 spiro atoms. The summed E-state index contributed by atoms with van der Waals surface area (Å²) in [6.07, 6.45) is 1.59. The number of amides is 1. The van der Waals surface area contributed by atoms with Gasteiger partial charge in [-0.1, -0.05) is 0 Å². The third-order valence-electron chi connectivity index (χ3n) is 2.62. The second kappa shape index (κ2) is 5.64. The highest BCUT2D eigenvalue weighted by Gasteiger charge is 2.20. The summed E-state index contributed by atoms with van der Waals surface area (Å²) < 4.78 is 6.27. The Bertz CT molecular complexity index is 652. The molecule has 0 aliphatic heterocycles. The molecule has 1 amide bonds. The highest BCUT2D eigenvalue weighted by Crippen LogP contribution is 2.02. The van der Waals surface area contributed by atoms with E-state index in [4.69, 9.17) is 4.74 Å². The Kier molecular flexibility index (Phi) is 3.92. The number of hydrogen-bond acceptors (Lipinski definition) is 6. The molecule has 1 atom stereocenters. The Hall–Kier alpha value is -2.51. The van der Waals surface area contributed by atoms with E-state index in [0.717, 1.165) is 5.69 Å². The lowest BCUT2D eigenvalue weighted by Crippen LogP contribution is -2.40. The van der Waals surface area contributed by atoms with E-state index in [0.29, 0.717) is 5.78 Å². The van der Waals surface area contributed by atoms with Gasteiger partial charge >= 0.3 is 5.97 Å². The van der Waals surface area contributed by atoms with Gasteiger partial charge in [0.2, 0.25) is 5.82 Å². The van der Waals surface area contributed by atoms with Crippen LogP contribution in [-0.4, -0.2) is 44.1 Å². The van der Waals surface area contributed by atoms with Crippen LogP contribution >= 0.6 is 0 Å². The Morgan fingerprint density at radius 1 is 1.50 bits per heavy atom. The average molecular weight is 277 g/mol. The van der Waals surface area contributed by atoms with Gasteiger partial charge in [-0.2, -0.15) is 4.98 Å². The van der Waals surface area contributed by atoms with Gasteiger partial charge < -0.3 is 10.1 Å². The molecule has 0 aliphatic rings. The summed E-state index contributed by atoms with van der Waals surface area (Å²) in [6, 6.07) is 0.994. The molecule has 0 aliphatic carbocycles. The second-order valence-corrected chi connectivity index (χ2v) is 4.18. The number of fused-ring (bicyclic) bond motifs is 1. The van der Waals surface area contributed by atoms with Crippen molar-refractivity contribution in [1.29, 1.82) is 0 Å². The lowest BCUT2D eigenvalue weighted by atomic mass is 10.3. The fraction of sp³-hybridized carbons (Fsp3) is 0.417. The number of ether oxygens (including phenoxy) is 1. The van der Waals surface area contributed by atoms with Gasteiger partial charge in [0.25, 0.3) is 11.7 Å². The Balaban J connectivity index is 2.15. The summed E-state index contributed by atoms with van der Waals surface area (Å²) in [5, 5.41) is 6.53. The first-order chi connectivity index (χ1) is 9.52. The van der Waals surface area contributed by atoms with Gasteiger partial charge in [0, 0.05) is 11.9 Å². The Morgan fingerprint density at radius 3 is 2.90 bits per heavy atom. The van der Waals surface area contributed by atoms with Crippen molar-refractivity contribution < 1.29 is 14.3 Å². The van der Waals surface area contributed by atoms with E-state index in [2.05, 4.69) is 20.4 Å². The summed E-state index contributed by atoms with van der Waals surface area (Å²) in [7, 11) is 0. The number of rotatable bonds is 4. The van der Waals surface area contributed by atoms with Gasteiger partial charge in [-0.05, 0) is 26.8 Å². The second-order valence-electron chi connectivity index (χ2n) is 4.18. The minimum Gasteiger partial charge on any atom is -0.464 e. The van der Waals surface area contributed by atoms with Crippen molar-refractivity contribution in [3.05, 3.63) is 23.8 Å². The van der Waals surface area contributed by atoms with Crippen LogP contribution in [0, 0.1) is 6.92 Å². The first-order valence-corrected chi connectivity index (χ1v) is 6.18. The van der Waals surface area contributed by atoms with Crippen LogP contribution < -0.4 is 5.32 Å². The molecule has 0 fully saturated rings. The molecule has 0 bridgehead atoms.